The number of halogens is 4. The molecule has 1 heterocycles. The van der Waals surface area contributed by atoms with Crippen molar-refractivity contribution >= 4 is 29.1 Å². The van der Waals surface area contributed by atoms with E-state index in [2.05, 4.69) is 10.4 Å². The van der Waals surface area contributed by atoms with Crippen LogP contribution in [-0.4, -0.2) is 45.2 Å². The third-order valence-corrected chi connectivity index (χ3v) is 4.27. The lowest BCUT2D eigenvalue weighted by Gasteiger charge is -2.22. The molecule has 0 saturated carbocycles. The smallest absolute Gasteiger partial charge is 0.395 e. The summed E-state index contributed by atoms with van der Waals surface area (Å²) in [7, 11) is 0. The predicted molar refractivity (Wildman–Crippen MR) is 77.0 cm³/mol. The highest BCUT2D eigenvalue weighted by molar-refractivity contribution is 7.99. The highest BCUT2D eigenvalue weighted by atomic mass is 35.5. The molecule has 1 rings (SSSR count). The van der Waals surface area contributed by atoms with E-state index in [0.29, 0.717) is 0 Å². The lowest BCUT2D eigenvalue weighted by Crippen LogP contribution is -2.34. The van der Waals surface area contributed by atoms with Crippen LogP contribution in [0.1, 0.15) is 6.92 Å². The van der Waals surface area contributed by atoms with E-state index in [4.69, 9.17) is 16.7 Å². The van der Waals surface area contributed by atoms with Gasteiger partial charge in [-0.1, -0.05) is 11.6 Å². The quantitative estimate of drug-likeness (QED) is 0.825. The molecule has 0 aliphatic carbocycles. The Morgan fingerprint density at radius 1 is 1.57 bits per heavy atom. The molecule has 0 spiro atoms. The molecule has 2 unspecified atom stereocenters. The van der Waals surface area contributed by atoms with Crippen LogP contribution in [0.5, 0.6) is 0 Å². The minimum atomic E-state index is -4.55. The first-order valence-electron chi connectivity index (χ1n) is 5.92. The number of rotatable bonds is 6. The maximum absolute atomic E-state index is 12.3. The maximum Gasteiger partial charge on any atom is 0.408 e. The van der Waals surface area contributed by atoms with Crippen LogP contribution in [0.4, 0.5) is 18.9 Å². The van der Waals surface area contributed by atoms with Crippen LogP contribution in [0.3, 0.4) is 0 Å². The molecule has 21 heavy (non-hydrogen) atoms. The number of aliphatic hydroxyl groups is 1. The van der Waals surface area contributed by atoms with E-state index in [1.165, 1.54) is 11.8 Å². The Hall–Kier alpha value is -0.930. The second-order valence-electron chi connectivity index (χ2n) is 4.34. The zero-order chi connectivity index (χ0) is 16.2. The number of nitrogens with one attached hydrogen (secondary N) is 1. The summed E-state index contributed by atoms with van der Waals surface area (Å²) >= 11 is 7.20. The largest absolute Gasteiger partial charge is 0.408 e. The zero-order valence-corrected chi connectivity index (χ0v) is 12.9. The molecule has 1 aromatic heterocycles. The van der Waals surface area contributed by atoms with Gasteiger partial charge in [-0.05, 0) is 13.2 Å². The minimum absolute atomic E-state index is 0.0917. The topological polar surface area (TPSA) is 67.2 Å². The highest BCUT2D eigenvalue weighted by Crippen LogP contribution is 2.21. The number of aliphatic hydroxyl groups excluding tert-OH is 1. The van der Waals surface area contributed by atoms with Crippen molar-refractivity contribution in [2.45, 2.75) is 30.9 Å². The number of alkyl halides is 3. The van der Waals surface area contributed by atoms with Crippen molar-refractivity contribution in [1.29, 1.82) is 0 Å². The van der Waals surface area contributed by atoms with Gasteiger partial charge in [-0.15, -0.1) is 0 Å². The molecule has 0 radical (unpaired) electrons. The SMILES string of the molecule is CSC(CO)C(C)Nc1cnn(CC(F)(F)F)c(=O)c1Cl. The number of hydrogen-bond acceptors (Lipinski definition) is 5. The Morgan fingerprint density at radius 2 is 2.19 bits per heavy atom. The van der Waals surface area contributed by atoms with Gasteiger partial charge in [0.2, 0.25) is 0 Å². The Kier molecular flexibility index (Phi) is 6.36. The van der Waals surface area contributed by atoms with Crippen LogP contribution in [0.2, 0.25) is 5.02 Å². The number of thioether (sulfide) groups is 1. The summed E-state index contributed by atoms with van der Waals surface area (Å²) in [5, 5.41) is 15.0. The van der Waals surface area contributed by atoms with Crippen molar-refractivity contribution in [3.8, 4) is 0 Å². The van der Waals surface area contributed by atoms with Gasteiger partial charge in [0.25, 0.3) is 5.56 Å². The Labute approximate surface area is 128 Å². The second kappa shape index (κ2) is 7.37. The lowest BCUT2D eigenvalue weighted by molar-refractivity contribution is -0.143. The molecule has 0 aliphatic heterocycles. The molecule has 0 saturated heterocycles. The van der Waals surface area contributed by atoms with Crippen molar-refractivity contribution in [3.63, 3.8) is 0 Å². The van der Waals surface area contributed by atoms with Crippen molar-refractivity contribution in [1.82, 2.24) is 9.78 Å². The molecule has 5 nitrogen and oxygen atoms in total. The number of nitrogens with zero attached hydrogens (tertiary/aromatic N) is 2. The van der Waals surface area contributed by atoms with E-state index in [0.717, 1.165) is 6.20 Å². The first-order chi connectivity index (χ1) is 9.69. The van der Waals surface area contributed by atoms with Crippen LogP contribution < -0.4 is 10.9 Å². The first-order valence-corrected chi connectivity index (χ1v) is 7.58. The monoisotopic (exact) mass is 345 g/mol. The molecule has 0 bridgehead atoms. The molecule has 0 amide bonds. The van der Waals surface area contributed by atoms with Gasteiger partial charge in [0, 0.05) is 11.3 Å². The third kappa shape index (κ3) is 5.08. The van der Waals surface area contributed by atoms with Gasteiger partial charge in [0.15, 0.2) is 0 Å². The van der Waals surface area contributed by atoms with Gasteiger partial charge in [-0.2, -0.15) is 30.0 Å². The van der Waals surface area contributed by atoms with Gasteiger partial charge in [0.1, 0.15) is 11.6 Å². The van der Waals surface area contributed by atoms with Crippen LogP contribution in [0.25, 0.3) is 0 Å². The predicted octanol–water partition coefficient (Wildman–Crippen LogP) is 1.98. The lowest BCUT2D eigenvalue weighted by atomic mass is 10.2. The summed E-state index contributed by atoms with van der Waals surface area (Å²) in [5.74, 6) is 0. The molecular formula is C11H15ClF3N3O2S. The normalized spacial score (nSPS) is 14.8. The number of hydrogen-bond donors (Lipinski definition) is 2. The Morgan fingerprint density at radius 3 is 2.67 bits per heavy atom. The van der Waals surface area contributed by atoms with E-state index >= 15 is 0 Å². The molecular weight excluding hydrogens is 331 g/mol. The molecule has 0 aromatic carbocycles. The van der Waals surface area contributed by atoms with Gasteiger partial charge in [0.05, 0.1) is 18.5 Å². The summed E-state index contributed by atoms with van der Waals surface area (Å²) in [6.45, 7) is 0.173. The highest BCUT2D eigenvalue weighted by Gasteiger charge is 2.30. The number of anilines is 1. The van der Waals surface area contributed by atoms with Crippen molar-refractivity contribution < 1.29 is 18.3 Å². The summed E-state index contributed by atoms with van der Waals surface area (Å²) in [6, 6.07) is -0.248. The maximum atomic E-state index is 12.3. The fraction of sp³-hybridized carbons (Fsp3) is 0.636. The second-order valence-corrected chi connectivity index (χ2v) is 5.79. The van der Waals surface area contributed by atoms with Crippen LogP contribution >= 0.6 is 23.4 Å². The molecule has 2 atom stereocenters. The summed E-state index contributed by atoms with van der Waals surface area (Å²) in [4.78, 5) is 11.7. The van der Waals surface area contributed by atoms with Gasteiger partial charge in [-0.3, -0.25) is 4.79 Å². The minimum Gasteiger partial charge on any atom is -0.395 e. The third-order valence-electron chi connectivity index (χ3n) is 2.74. The Bertz CT molecular complexity index is 534. The van der Waals surface area contributed by atoms with Crippen molar-refractivity contribution in [3.05, 3.63) is 21.6 Å². The molecule has 10 heteroatoms. The van der Waals surface area contributed by atoms with E-state index in [1.807, 2.05) is 0 Å². The van der Waals surface area contributed by atoms with Gasteiger partial charge >= 0.3 is 6.18 Å². The van der Waals surface area contributed by atoms with E-state index in [-0.39, 0.29) is 33.3 Å². The standard InChI is InChI=1S/C11H15ClF3N3O2S/c1-6(8(4-19)21-2)17-7-3-16-18(5-11(13,14)15)10(20)9(7)12/h3,6,8,17,19H,4-5H2,1-2H3. The molecule has 0 fully saturated rings. The Balaban J connectivity index is 2.97. The molecule has 0 aliphatic rings. The average Bonchev–Trinajstić information content (AvgIpc) is 2.38. The summed E-state index contributed by atoms with van der Waals surface area (Å²) < 4.78 is 37.1. The van der Waals surface area contributed by atoms with Crippen LogP contribution in [0.15, 0.2) is 11.0 Å². The average molecular weight is 346 g/mol. The van der Waals surface area contributed by atoms with Gasteiger partial charge < -0.3 is 10.4 Å². The zero-order valence-electron chi connectivity index (χ0n) is 11.3. The number of aromatic nitrogens is 2. The van der Waals surface area contributed by atoms with Crippen molar-refractivity contribution in [2.75, 3.05) is 18.2 Å². The van der Waals surface area contributed by atoms with E-state index in [9.17, 15) is 18.0 Å². The van der Waals surface area contributed by atoms with E-state index < -0.39 is 18.3 Å². The van der Waals surface area contributed by atoms with Gasteiger partial charge in [-0.25, -0.2) is 4.68 Å². The van der Waals surface area contributed by atoms with Crippen molar-refractivity contribution in [2.24, 2.45) is 0 Å². The van der Waals surface area contributed by atoms with E-state index in [1.54, 1.807) is 13.2 Å². The fourth-order valence-corrected chi connectivity index (χ4v) is 2.45. The summed E-state index contributed by atoms with van der Waals surface area (Å²) in [5.41, 5.74) is -0.879. The molecule has 1 aromatic rings. The first kappa shape index (κ1) is 18.1. The fourth-order valence-electron chi connectivity index (χ4n) is 1.62. The van der Waals surface area contributed by atoms with Crippen LogP contribution in [-0.2, 0) is 6.54 Å². The molecule has 120 valence electrons. The summed E-state index contributed by atoms with van der Waals surface area (Å²) in [6.07, 6.45) is -1.68. The molecule has 2 N–H and O–H groups in total. The van der Waals surface area contributed by atoms with Crippen LogP contribution in [0, 0.1) is 0 Å².